The fraction of sp³-hybridized carbons (Fsp3) is 0.556. The maximum Gasteiger partial charge on any atom is 0.225 e. The van der Waals surface area contributed by atoms with Crippen LogP contribution >= 0.6 is 23.6 Å². The van der Waals surface area contributed by atoms with Crippen molar-refractivity contribution in [2.45, 2.75) is 19.8 Å². The van der Waals surface area contributed by atoms with Crippen LogP contribution in [0.5, 0.6) is 0 Å². The summed E-state index contributed by atoms with van der Waals surface area (Å²) in [4.78, 5) is 15.5. The SMILES string of the molecule is Cc1[nH]c(=S)sc1CC(=O)NCCCN. The Balaban J connectivity index is 2.44. The smallest absolute Gasteiger partial charge is 0.225 e. The van der Waals surface area contributed by atoms with Gasteiger partial charge >= 0.3 is 0 Å². The highest BCUT2D eigenvalue weighted by atomic mass is 32.1. The number of aromatic nitrogens is 1. The summed E-state index contributed by atoms with van der Waals surface area (Å²) in [5.74, 6) is 0.0248. The lowest BCUT2D eigenvalue weighted by Crippen LogP contribution is -2.27. The second-order valence-electron chi connectivity index (χ2n) is 3.23. The molecule has 0 spiro atoms. The lowest BCUT2D eigenvalue weighted by atomic mass is 10.3. The summed E-state index contributed by atoms with van der Waals surface area (Å²) in [5.41, 5.74) is 6.31. The second-order valence-corrected chi connectivity index (χ2v) is 5.00. The number of aryl methyl sites for hydroxylation is 1. The van der Waals surface area contributed by atoms with Crippen LogP contribution in [-0.4, -0.2) is 24.0 Å². The largest absolute Gasteiger partial charge is 0.356 e. The molecule has 0 aliphatic heterocycles. The Morgan fingerprint density at radius 3 is 2.93 bits per heavy atom. The van der Waals surface area contributed by atoms with E-state index in [0.29, 0.717) is 19.5 Å². The van der Waals surface area contributed by atoms with Gasteiger partial charge in [0.15, 0.2) is 3.95 Å². The van der Waals surface area contributed by atoms with Crippen LogP contribution in [0.2, 0.25) is 0 Å². The monoisotopic (exact) mass is 245 g/mol. The van der Waals surface area contributed by atoms with Crippen molar-refractivity contribution in [3.05, 3.63) is 14.5 Å². The van der Waals surface area contributed by atoms with E-state index in [2.05, 4.69) is 10.3 Å². The van der Waals surface area contributed by atoms with E-state index in [9.17, 15) is 4.79 Å². The van der Waals surface area contributed by atoms with E-state index in [0.717, 1.165) is 20.9 Å². The number of rotatable bonds is 5. The van der Waals surface area contributed by atoms with Gasteiger partial charge in [0.25, 0.3) is 0 Å². The molecule has 1 heterocycles. The predicted octanol–water partition coefficient (Wildman–Crippen LogP) is 1.12. The van der Waals surface area contributed by atoms with Gasteiger partial charge in [0.2, 0.25) is 5.91 Å². The van der Waals surface area contributed by atoms with Gasteiger partial charge in [0.1, 0.15) is 0 Å². The van der Waals surface area contributed by atoms with E-state index in [-0.39, 0.29) is 5.91 Å². The summed E-state index contributed by atoms with van der Waals surface area (Å²) in [6.45, 7) is 3.17. The molecule has 1 rings (SSSR count). The molecular weight excluding hydrogens is 230 g/mol. The maximum absolute atomic E-state index is 11.5. The van der Waals surface area contributed by atoms with E-state index in [1.54, 1.807) is 0 Å². The van der Waals surface area contributed by atoms with Crippen LogP contribution in [0.15, 0.2) is 0 Å². The quantitative estimate of drug-likeness (QED) is 0.538. The van der Waals surface area contributed by atoms with Crippen molar-refractivity contribution in [2.24, 2.45) is 5.73 Å². The molecule has 1 aromatic heterocycles. The van der Waals surface area contributed by atoms with Crippen molar-refractivity contribution in [1.82, 2.24) is 10.3 Å². The normalized spacial score (nSPS) is 10.3. The van der Waals surface area contributed by atoms with Gasteiger partial charge in [-0.05, 0) is 32.1 Å². The molecule has 0 saturated heterocycles. The fourth-order valence-corrected chi connectivity index (χ4v) is 2.43. The number of carbonyl (C=O) groups is 1. The number of nitrogens with two attached hydrogens (primary N) is 1. The summed E-state index contributed by atoms with van der Waals surface area (Å²) >= 11 is 6.45. The standard InChI is InChI=1S/C9H15N3OS2/c1-6-7(15-9(14)12-6)5-8(13)11-4-2-3-10/h2-5,10H2,1H3,(H,11,13)(H,12,14). The van der Waals surface area contributed by atoms with E-state index < -0.39 is 0 Å². The number of carbonyl (C=O) groups excluding carboxylic acids is 1. The molecule has 4 nitrogen and oxygen atoms in total. The molecule has 1 aromatic rings. The molecule has 6 heteroatoms. The molecule has 0 fully saturated rings. The van der Waals surface area contributed by atoms with Crippen LogP contribution in [0, 0.1) is 10.9 Å². The van der Waals surface area contributed by atoms with Crippen molar-refractivity contribution in [2.75, 3.05) is 13.1 Å². The first-order valence-corrected chi connectivity index (χ1v) is 6.01. The number of thiazole rings is 1. The van der Waals surface area contributed by atoms with Crippen molar-refractivity contribution in [1.29, 1.82) is 0 Å². The highest BCUT2D eigenvalue weighted by Gasteiger charge is 2.07. The maximum atomic E-state index is 11.5. The van der Waals surface area contributed by atoms with Crippen LogP contribution < -0.4 is 11.1 Å². The number of amides is 1. The molecule has 15 heavy (non-hydrogen) atoms. The Morgan fingerprint density at radius 1 is 1.67 bits per heavy atom. The molecule has 0 atom stereocenters. The molecule has 0 aliphatic rings. The third kappa shape index (κ3) is 4.11. The molecule has 84 valence electrons. The van der Waals surface area contributed by atoms with Gasteiger partial charge in [0, 0.05) is 17.1 Å². The lowest BCUT2D eigenvalue weighted by Gasteiger charge is -2.02. The van der Waals surface area contributed by atoms with Crippen LogP contribution in [-0.2, 0) is 11.2 Å². The van der Waals surface area contributed by atoms with Crippen molar-refractivity contribution < 1.29 is 4.79 Å². The zero-order valence-corrected chi connectivity index (χ0v) is 10.3. The van der Waals surface area contributed by atoms with E-state index in [1.807, 2.05) is 6.92 Å². The Bertz CT molecular complexity index is 383. The molecule has 0 radical (unpaired) electrons. The van der Waals surface area contributed by atoms with Crippen molar-refractivity contribution in [3.63, 3.8) is 0 Å². The number of H-pyrrole nitrogens is 1. The average Bonchev–Trinajstić information content (AvgIpc) is 2.45. The average molecular weight is 245 g/mol. The fourth-order valence-electron chi connectivity index (χ4n) is 1.14. The summed E-state index contributed by atoms with van der Waals surface area (Å²) in [6, 6.07) is 0. The Kier molecular flexibility index (Phi) is 4.93. The minimum atomic E-state index is 0.0248. The van der Waals surface area contributed by atoms with Crippen molar-refractivity contribution >= 4 is 29.5 Å². The molecule has 4 N–H and O–H groups in total. The number of nitrogens with one attached hydrogen (secondary N) is 2. The van der Waals surface area contributed by atoms with Gasteiger partial charge in [-0.1, -0.05) is 0 Å². The second kappa shape index (κ2) is 5.99. The first kappa shape index (κ1) is 12.4. The summed E-state index contributed by atoms with van der Waals surface area (Å²) < 4.78 is 0.720. The Hall–Kier alpha value is -0.720. The molecule has 0 bridgehead atoms. The summed E-state index contributed by atoms with van der Waals surface area (Å²) in [7, 11) is 0. The number of aromatic amines is 1. The van der Waals surface area contributed by atoms with Gasteiger partial charge in [-0.2, -0.15) is 0 Å². The Morgan fingerprint density at radius 2 is 2.40 bits per heavy atom. The summed E-state index contributed by atoms with van der Waals surface area (Å²) in [5, 5.41) is 2.81. The van der Waals surface area contributed by atoms with Crippen molar-refractivity contribution in [3.8, 4) is 0 Å². The number of hydrogen-bond donors (Lipinski definition) is 3. The topological polar surface area (TPSA) is 70.9 Å². The Labute approximate surface area is 97.9 Å². The molecule has 0 saturated carbocycles. The number of hydrogen-bond acceptors (Lipinski definition) is 4. The van der Waals surface area contributed by atoms with Crippen LogP contribution in [0.4, 0.5) is 0 Å². The first-order valence-electron chi connectivity index (χ1n) is 4.79. The molecule has 0 aromatic carbocycles. The van der Waals surface area contributed by atoms with E-state index in [4.69, 9.17) is 18.0 Å². The lowest BCUT2D eigenvalue weighted by molar-refractivity contribution is -0.120. The molecule has 0 unspecified atom stereocenters. The first-order chi connectivity index (χ1) is 7.13. The third-order valence-electron chi connectivity index (χ3n) is 1.95. The molecule has 0 aliphatic carbocycles. The van der Waals surface area contributed by atoms with Gasteiger partial charge < -0.3 is 16.0 Å². The minimum absolute atomic E-state index is 0.0248. The van der Waals surface area contributed by atoms with Crippen LogP contribution in [0.25, 0.3) is 0 Å². The zero-order chi connectivity index (χ0) is 11.3. The van der Waals surface area contributed by atoms with E-state index >= 15 is 0 Å². The van der Waals surface area contributed by atoms with Gasteiger partial charge in [-0.3, -0.25) is 4.79 Å². The van der Waals surface area contributed by atoms with Gasteiger partial charge in [-0.15, -0.1) is 11.3 Å². The molecule has 1 amide bonds. The minimum Gasteiger partial charge on any atom is -0.356 e. The van der Waals surface area contributed by atoms with E-state index in [1.165, 1.54) is 11.3 Å². The van der Waals surface area contributed by atoms with Gasteiger partial charge in [0.05, 0.1) is 6.42 Å². The highest BCUT2D eigenvalue weighted by Crippen LogP contribution is 2.14. The third-order valence-corrected chi connectivity index (χ3v) is 3.28. The van der Waals surface area contributed by atoms with Crippen LogP contribution in [0.1, 0.15) is 17.0 Å². The zero-order valence-electron chi connectivity index (χ0n) is 8.63. The predicted molar refractivity (Wildman–Crippen MR) is 64.6 cm³/mol. The van der Waals surface area contributed by atoms with Gasteiger partial charge in [-0.25, -0.2) is 0 Å². The van der Waals surface area contributed by atoms with Crippen LogP contribution in [0.3, 0.4) is 0 Å². The molecular formula is C9H15N3OS2. The highest BCUT2D eigenvalue weighted by molar-refractivity contribution is 7.73. The summed E-state index contributed by atoms with van der Waals surface area (Å²) in [6.07, 6.45) is 1.21.